The van der Waals surface area contributed by atoms with Crippen LogP contribution >= 0.6 is 0 Å². The van der Waals surface area contributed by atoms with Crippen LogP contribution in [0.1, 0.15) is 116 Å². The normalized spacial score (nSPS) is 14.9. The van der Waals surface area contributed by atoms with Crippen molar-refractivity contribution in [1.29, 1.82) is 15.8 Å². The summed E-state index contributed by atoms with van der Waals surface area (Å²) < 4.78 is 24.0. The van der Waals surface area contributed by atoms with E-state index in [1.54, 1.807) is 34.6 Å². The third-order valence-electron chi connectivity index (χ3n) is 9.17. The number of aliphatic carboxylic acids is 2. The molecule has 386 valence electrons. The Morgan fingerprint density at radius 1 is 0.609 bits per heavy atom. The number of nitrogens with zero attached hydrogens (tertiary/aromatic N) is 3. The van der Waals surface area contributed by atoms with Gasteiger partial charge in [0.05, 0.1) is 75.0 Å². The predicted molar refractivity (Wildman–Crippen MR) is 240 cm³/mol. The molecule has 3 unspecified atom stereocenters. The summed E-state index contributed by atoms with van der Waals surface area (Å²) in [5.41, 5.74) is 0. The van der Waals surface area contributed by atoms with Gasteiger partial charge in [-0.3, -0.25) is 33.6 Å². The maximum absolute atomic E-state index is 11.8. The molecule has 0 aromatic heterocycles. The summed E-state index contributed by atoms with van der Waals surface area (Å²) in [7, 11) is 0. The van der Waals surface area contributed by atoms with Crippen LogP contribution in [0.5, 0.6) is 0 Å². The number of carbonyl (C=O) groups excluding carboxylic acids is 7. The van der Waals surface area contributed by atoms with Crippen molar-refractivity contribution in [3.63, 3.8) is 0 Å². The van der Waals surface area contributed by atoms with Gasteiger partial charge in [-0.15, -0.1) is 0 Å². The molecule has 0 aliphatic carbocycles. The molecule has 1 rings (SSSR count). The molecular formula is C47H74KN4O17-. The maximum Gasteiger partial charge on any atom is 1.00 e. The van der Waals surface area contributed by atoms with E-state index in [1.165, 1.54) is 0 Å². The molecule has 1 fully saturated rings. The molecule has 1 heterocycles. The number of nitriles is 3. The second-order valence-corrected chi connectivity index (χ2v) is 16.6. The quantitative estimate of drug-likeness (QED) is 0.0423. The second-order valence-electron chi connectivity index (χ2n) is 16.6. The summed E-state index contributed by atoms with van der Waals surface area (Å²) in [6.45, 7) is 25.5. The summed E-state index contributed by atoms with van der Waals surface area (Å²) in [6, 6.07) is 5.85. The summed E-state index contributed by atoms with van der Waals surface area (Å²) in [5.74, 6) is -12.5. The molecule has 0 saturated carbocycles. The number of carbonyl (C=O) groups is 8. The van der Waals surface area contributed by atoms with Gasteiger partial charge in [-0.25, -0.2) is 0 Å². The van der Waals surface area contributed by atoms with Gasteiger partial charge in [-0.2, -0.15) is 15.8 Å². The smallest absolute Gasteiger partial charge is 0.665 e. The van der Waals surface area contributed by atoms with E-state index in [9.17, 15) is 43.5 Å². The number of hydrogen-bond acceptors (Lipinski definition) is 18. The van der Waals surface area contributed by atoms with Crippen LogP contribution in [0.25, 0.3) is 0 Å². The van der Waals surface area contributed by atoms with E-state index in [0.717, 1.165) is 6.42 Å². The molecule has 0 spiro atoms. The third kappa shape index (κ3) is 32.7. The summed E-state index contributed by atoms with van der Waals surface area (Å²) in [5, 5.41) is 56.1. The zero-order valence-corrected chi connectivity index (χ0v) is 46.0. The Bertz CT molecular complexity index is 1590. The molecule has 1 aliphatic rings. The van der Waals surface area contributed by atoms with E-state index >= 15 is 0 Å². The molecule has 1 aliphatic heterocycles. The van der Waals surface area contributed by atoms with Crippen LogP contribution in [-0.4, -0.2) is 104 Å². The van der Waals surface area contributed by atoms with E-state index in [0.29, 0.717) is 38.2 Å². The molecule has 0 bridgehead atoms. The number of amides is 1. The third-order valence-corrected chi connectivity index (χ3v) is 9.17. The number of aliphatic hydroxyl groups excluding tert-OH is 1. The molecule has 0 aromatic carbocycles. The zero-order valence-electron chi connectivity index (χ0n) is 42.9. The van der Waals surface area contributed by atoms with Crippen molar-refractivity contribution in [2.24, 2.45) is 71.0 Å². The van der Waals surface area contributed by atoms with Crippen LogP contribution in [0.15, 0.2) is 0 Å². The number of nitrogens with one attached hydrogen (secondary N) is 1. The van der Waals surface area contributed by atoms with E-state index in [1.807, 2.05) is 73.6 Å². The SMILES string of the molecule is CC(C)C[C@@H]1CNC(=O)C1C(=O)O.CCOC(=O)C(C(=O)OCC)C(C#N)CC(C)C.CCOC(=O)C(C(=O)OCC)[C@H](C#N)CC(C)C.CCOC(=O)C(C(=O)[O-])[C@@H](C#N)CC(C)C.O=[C-]O.[K+]. The number of carboxylic acids is 2. The van der Waals surface area contributed by atoms with Crippen molar-refractivity contribution in [1.82, 2.24) is 5.32 Å². The minimum absolute atomic E-state index is 0. The van der Waals surface area contributed by atoms with E-state index in [4.69, 9.17) is 49.7 Å². The first-order valence-corrected chi connectivity index (χ1v) is 22.6. The van der Waals surface area contributed by atoms with Crippen LogP contribution in [0.4, 0.5) is 0 Å². The van der Waals surface area contributed by atoms with Gasteiger partial charge in [-0.05, 0) is 89.9 Å². The van der Waals surface area contributed by atoms with Crippen LogP contribution < -0.4 is 61.8 Å². The number of rotatable bonds is 23. The van der Waals surface area contributed by atoms with Crippen LogP contribution in [-0.2, 0) is 66.8 Å². The Morgan fingerprint density at radius 2 is 0.870 bits per heavy atom. The van der Waals surface area contributed by atoms with Crippen molar-refractivity contribution < 1.29 is 134 Å². The van der Waals surface area contributed by atoms with Crippen LogP contribution in [0.3, 0.4) is 0 Å². The fraction of sp³-hybridized carbons (Fsp3) is 0.745. The average molecular weight is 1010 g/mol. The first-order valence-electron chi connectivity index (χ1n) is 22.6. The summed E-state index contributed by atoms with van der Waals surface area (Å²) in [6.07, 6.45) is 2.03. The van der Waals surface area contributed by atoms with Crippen LogP contribution in [0, 0.1) is 105 Å². The van der Waals surface area contributed by atoms with Crippen molar-refractivity contribution in [3.05, 3.63) is 0 Å². The maximum atomic E-state index is 11.8. The topological polar surface area (TPSA) is 347 Å². The van der Waals surface area contributed by atoms with Crippen LogP contribution in [0.2, 0.25) is 0 Å². The Morgan fingerprint density at radius 3 is 1.07 bits per heavy atom. The van der Waals surface area contributed by atoms with E-state index in [-0.39, 0.29) is 114 Å². The van der Waals surface area contributed by atoms with Gasteiger partial charge in [0.2, 0.25) is 5.91 Å². The molecule has 6 atom stereocenters. The van der Waals surface area contributed by atoms with Gasteiger partial charge in [0, 0.05) is 6.54 Å². The minimum Gasteiger partial charge on any atom is -0.665 e. The molecule has 3 N–H and O–H groups in total. The number of ether oxygens (including phenoxy) is 5. The summed E-state index contributed by atoms with van der Waals surface area (Å²) >= 11 is 0. The van der Waals surface area contributed by atoms with E-state index in [2.05, 4.69) is 10.1 Å². The minimum atomic E-state index is -1.55. The van der Waals surface area contributed by atoms with Gasteiger partial charge in [0.25, 0.3) is 0 Å². The Labute approximate surface area is 450 Å². The molecular weight excluding hydrogens is 932 g/mol. The van der Waals surface area contributed by atoms with Gasteiger partial charge in [0.15, 0.2) is 11.8 Å². The van der Waals surface area contributed by atoms with Crippen molar-refractivity contribution >= 4 is 54.2 Å². The Kier molecular flexibility index (Phi) is 46.1. The molecule has 21 nitrogen and oxygen atoms in total. The number of hydrogen-bond donors (Lipinski definition) is 3. The molecule has 1 amide bonds. The molecule has 1 saturated heterocycles. The van der Waals surface area contributed by atoms with Crippen molar-refractivity contribution in [2.45, 2.75) is 116 Å². The molecule has 0 aromatic rings. The van der Waals surface area contributed by atoms with Crippen molar-refractivity contribution in [3.8, 4) is 18.2 Å². The fourth-order valence-electron chi connectivity index (χ4n) is 6.56. The van der Waals surface area contributed by atoms with Gasteiger partial charge in [-0.1, -0.05) is 61.9 Å². The number of carboxylic acid groups (broad SMARTS) is 2. The molecule has 22 heteroatoms. The first-order chi connectivity index (χ1) is 31.8. The molecule has 0 radical (unpaired) electrons. The predicted octanol–water partition coefficient (Wildman–Crippen LogP) is 1.03. The largest absolute Gasteiger partial charge is 1.00 e. The van der Waals surface area contributed by atoms with Gasteiger partial charge < -0.3 is 53.9 Å². The summed E-state index contributed by atoms with van der Waals surface area (Å²) in [4.78, 5) is 99.4. The fourth-order valence-corrected chi connectivity index (χ4v) is 6.56. The second kappa shape index (κ2) is 43.4. The zero-order chi connectivity index (χ0) is 53.7. The molecule has 69 heavy (non-hydrogen) atoms. The van der Waals surface area contributed by atoms with Gasteiger partial charge in [0.1, 0.15) is 11.8 Å². The average Bonchev–Trinajstić information content (AvgIpc) is 3.59. The standard InChI is InChI=1S/2C13H21NO4.C11H17NO4.C9H15NO3.CHO2.K/c2*1-5-17-12(15)11(13(16)18-6-2)10(8-14)7-9(3)4;1-4-16-11(15)9(10(13)14)8(6-12)5-7(2)3;1-5(2)3-6-4-10-8(11)7(6)9(12)13;2-1-3;/h2*9-11H,5-7H2,1-4H3;7-9H,4-5H2,1-3H3,(H,13,14);5-7H,3-4H2,1-2H3,(H,10,11)(H,12,13);(H,2,3);/q;;;;-1;+1/p-1/t10-;;8-,9?;6-,7?;;/m0.11../s1. The monoisotopic (exact) mass is 1010 g/mol. The number of esters is 5. The Hall–Kier alpha value is -4.66. The van der Waals surface area contributed by atoms with Gasteiger partial charge >= 0.3 is 87.2 Å². The Balaban J connectivity index is -0.000000259. The first kappa shape index (κ1) is 73.3. The van der Waals surface area contributed by atoms with E-state index < -0.39 is 83.2 Å². The van der Waals surface area contributed by atoms with Crippen molar-refractivity contribution in [2.75, 3.05) is 39.6 Å².